The molecule has 0 saturated carbocycles. The maximum atomic E-state index is 15.6. The van der Waals surface area contributed by atoms with E-state index in [0.29, 0.717) is 39.0 Å². The van der Waals surface area contributed by atoms with E-state index in [1.807, 2.05) is 13.8 Å². The number of anilines is 3. The van der Waals surface area contributed by atoms with Gasteiger partial charge in [0.1, 0.15) is 29.7 Å². The molecule has 41 heavy (non-hydrogen) atoms. The maximum absolute atomic E-state index is 15.6. The Morgan fingerprint density at radius 2 is 1.90 bits per heavy atom. The van der Waals surface area contributed by atoms with Crippen LogP contribution in [0.2, 0.25) is 5.02 Å². The van der Waals surface area contributed by atoms with E-state index in [1.54, 1.807) is 32.2 Å². The lowest BCUT2D eigenvalue weighted by Crippen LogP contribution is -2.37. The van der Waals surface area contributed by atoms with Gasteiger partial charge in [-0.2, -0.15) is 0 Å². The summed E-state index contributed by atoms with van der Waals surface area (Å²) in [7, 11) is 1.63. The summed E-state index contributed by atoms with van der Waals surface area (Å²) < 4.78 is 36.2. The van der Waals surface area contributed by atoms with Crippen LogP contribution < -0.4 is 15.0 Å². The van der Waals surface area contributed by atoms with Crippen LogP contribution in [-0.4, -0.2) is 52.2 Å². The second-order valence-electron chi connectivity index (χ2n) is 10.5. The number of benzene rings is 2. The molecule has 9 nitrogen and oxygen atoms in total. The van der Waals surface area contributed by atoms with Gasteiger partial charge in [0, 0.05) is 41.6 Å². The van der Waals surface area contributed by atoms with E-state index in [9.17, 15) is 14.7 Å². The van der Waals surface area contributed by atoms with E-state index in [-0.39, 0.29) is 46.8 Å². The molecule has 0 spiro atoms. The van der Waals surface area contributed by atoms with Gasteiger partial charge in [-0.1, -0.05) is 11.6 Å². The van der Waals surface area contributed by atoms with Crippen molar-refractivity contribution in [2.45, 2.75) is 26.3 Å². The highest BCUT2D eigenvalue weighted by Crippen LogP contribution is 2.43. The van der Waals surface area contributed by atoms with Gasteiger partial charge in [-0.3, -0.25) is 9.69 Å². The van der Waals surface area contributed by atoms with Gasteiger partial charge in [-0.05, 0) is 61.5 Å². The Kier molecular flexibility index (Phi) is 6.04. The highest BCUT2D eigenvalue weighted by molar-refractivity contribution is 6.36. The molecule has 0 unspecified atom stereocenters. The molecular weight excluding hydrogens is 556 g/mol. The number of carbonyl (C=O) groups is 2. The van der Waals surface area contributed by atoms with E-state index in [0.717, 1.165) is 4.90 Å². The fourth-order valence-electron chi connectivity index (χ4n) is 5.42. The first-order chi connectivity index (χ1) is 19.4. The molecule has 0 saturated heterocycles. The lowest BCUT2D eigenvalue weighted by atomic mass is 9.93. The van der Waals surface area contributed by atoms with Crippen LogP contribution in [0.15, 0.2) is 36.7 Å². The Balaban J connectivity index is 1.43. The molecule has 0 radical (unpaired) electrons. The minimum atomic E-state index is -1.17. The fourth-order valence-corrected chi connectivity index (χ4v) is 5.68. The topological polar surface area (TPSA) is 108 Å². The number of rotatable bonds is 3. The van der Waals surface area contributed by atoms with Crippen molar-refractivity contribution in [1.29, 1.82) is 0 Å². The molecule has 2 aromatic carbocycles. The van der Waals surface area contributed by atoms with Crippen molar-refractivity contribution < 1.29 is 28.2 Å². The standard InChI is InChI=1S/C29H24ClF2N5O4/c1-13-17(11-34-26-25(13)37(28(39)40)5-6-41-26)16-7-14-8-21(33-12-18(14)23(30)24(16)32)35-15-9-19-22(20(31)10-15)27(38)36(4)29(19,2)3/h7-12H,5-6H2,1-4H3,(H,33,35)(H,39,40). The summed E-state index contributed by atoms with van der Waals surface area (Å²) in [5, 5.41) is 13.5. The van der Waals surface area contributed by atoms with E-state index in [2.05, 4.69) is 15.3 Å². The number of ether oxygens (including phenoxy) is 1. The summed E-state index contributed by atoms with van der Waals surface area (Å²) >= 11 is 6.44. The third-order valence-corrected chi connectivity index (χ3v) is 8.27. The number of amides is 2. The molecule has 2 amide bonds. The van der Waals surface area contributed by atoms with Crippen LogP contribution in [0.5, 0.6) is 5.88 Å². The Bertz CT molecular complexity index is 1810. The van der Waals surface area contributed by atoms with Crippen LogP contribution in [0.3, 0.4) is 0 Å². The zero-order chi connectivity index (χ0) is 29.4. The van der Waals surface area contributed by atoms with Crippen molar-refractivity contribution >= 4 is 51.6 Å². The maximum Gasteiger partial charge on any atom is 0.412 e. The molecule has 6 rings (SSSR count). The monoisotopic (exact) mass is 579 g/mol. The molecule has 2 N–H and O–H groups in total. The SMILES string of the molecule is Cc1c(-c2cc3cc(Nc4cc(F)c5c(c4)C(C)(C)N(C)C5=O)ncc3c(Cl)c2F)cnc2c1N(C(=O)O)CCO2. The highest BCUT2D eigenvalue weighted by atomic mass is 35.5. The van der Waals surface area contributed by atoms with Gasteiger partial charge in [0.25, 0.3) is 5.91 Å². The molecule has 2 aliphatic rings. The average Bonchev–Trinajstić information content (AvgIpc) is 3.10. The molecule has 0 bridgehead atoms. The zero-order valence-corrected chi connectivity index (χ0v) is 23.2. The Morgan fingerprint density at radius 3 is 2.63 bits per heavy atom. The van der Waals surface area contributed by atoms with Gasteiger partial charge in [0.15, 0.2) is 0 Å². The van der Waals surface area contributed by atoms with Gasteiger partial charge in [0.05, 0.1) is 22.7 Å². The quantitative estimate of drug-likeness (QED) is 0.286. The van der Waals surface area contributed by atoms with Crippen LogP contribution in [-0.2, 0) is 5.54 Å². The van der Waals surface area contributed by atoms with Crippen molar-refractivity contribution in [2.75, 3.05) is 30.4 Å². The first kappa shape index (κ1) is 26.7. The first-order valence-electron chi connectivity index (χ1n) is 12.7. The first-order valence-corrected chi connectivity index (χ1v) is 13.1. The predicted octanol–water partition coefficient (Wildman–Crippen LogP) is 6.48. The summed E-state index contributed by atoms with van der Waals surface area (Å²) in [4.78, 5) is 35.6. The number of carboxylic acid groups (broad SMARTS) is 1. The largest absolute Gasteiger partial charge is 0.474 e. The molecule has 0 fully saturated rings. The molecule has 2 aliphatic heterocycles. The highest BCUT2D eigenvalue weighted by Gasteiger charge is 2.42. The molecule has 0 atom stereocenters. The number of carbonyl (C=O) groups excluding carboxylic acids is 1. The molecule has 210 valence electrons. The Labute approximate surface area is 238 Å². The van der Waals surface area contributed by atoms with E-state index >= 15 is 8.78 Å². The van der Waals surface area contributed by atoms with Gasteiger partial charge in [-0.25, -0.2) is 23.5 Å². The molecule has 4 aromatic rings. The number of hydrogen-bond acceptors (Lipinski definition) is 6. The van der Waals surface area contributed by atoms with Crippen LogP contribution in [0.25, 0.3) is 21.9 Å². The van der Waals surface area contributed by atoms with Crippen molar-refractivity contribution in [3.63, 3.8) is 0 Å². The predicted molar refractivity (Wildman–Crippen MR) is 150 cm³/mol. The van der Waals surface area contributed by atoms with E-state index in [4.69, 9.17) is 16.3 Å². The van der Waals surface area contributed by atoms with Crippen LogP contribution >= 0.6 is 11.6 Å². The Hall–Kier alpha value is -4.51. The number of nitrogens with zero attached hydrogens (tertiary/aromatic N) is 4. The minimum Gasteiger partial charge on any atom is -0.474 e. The summed E-state index contributed by atoms with van der Waals surface area (Å²) in [5.41, 5.74) is 1.47. The van der Waals surface area contributed by atoms with E-state index in [1.165, 1.54) is 23.4 Å². The van der Waals surface area contributed by atoms with Crippen LogP contribution in [0, 0.1) is 18.6 Å². The number of fused-ring (bicyclic) bond motifs is 3. The number of nitrogens with one attached hydrogen (secondary N) is 1. The normalized spacial score (nSPS) is 15.5. The molecule has 0 aliphatic carbocycles. The summed E-state index contributed by atoms with van der Waals surface area (Å²) in [5.74, 6) is -1.24. The third-order valence-electron chi connectivity index (χ3n) is 7.90. The Morgan fingerprint density at radius 1 is 1.15 bits per heavy atom. The van der Waals surface area contributed by atoms with Gasteiger partial charge < -0.3 is 20.1 Å². The molecule has 2 aromatic heterocycles. The fraction of sp³-hybridized carbons (Fsp3) is 0.241. The number of aromatic nitrogens is 2. The number of pyridine rings is 2. The van der Waals surface area contributed by atoms with Gasteiger partial charge >= 0.3 is 6.09 Å². The summed E-state index contributed by atoms with van der Waals surface area (Å²) in [6, 6.07) is 6.17. The van der Waals surface area contributed by atoms with Crippen molar-refractivity contribution in [2.24, 2.45) is 0 Å². The lowest BCUT2D eigenvalue weighted by molar-refractivity contribution is 0.0688. The smallest absolute Gasteiger partial charge is 0.412 e. The zero-order valence-electron chi connectivity index (χ0n) is 22.5. The van der Waals surface area contributed by atoms with Crippen LogP contribution in [0.4, 0.5) is 30.8 Å². The molecule has 4 heterocycles. The average molecular weight is 580 g/mol. The molecule has 12 heteroatoms. The second-order valence-corrected chi connectivity index (χ2v) is 10.9. The van der Waals surface area contributed by atoms with Crippen molar-refractivity contribution in [1.82, 2.24) is 14.9 Å². The van der Waals surface area contributed by atoms with Crippen LogP contribution in [0.1, 0.15) is 35.3 Å². The van der Waals surface area contributed by atoms with Gasteiger partial charge in [0.2, 0.25) is 5.88 Å². The van der Waals surface area contributed by atoms with Gasteiger partial charge in [-0.15, -0.1) is 0 Å². The second kappa shape index (κ2) is 9.27. The van der Waals surface area contributed by atoms with E-state index < -0.39 is 23.3 Å². The minimum absolute atomic E-state index is 0.0438. The molecular formula is C29H24ClF2N5O4. The summed E-state index contributed by atoms with van der Waals surface area (Å²) in [6.07, 6.45) is 1.67. The van der Waals surface area contributed by atoms with Crippen molar-refractivity contribution in [3.05, 3.63) is 70.0 Å². The van der Waals surface area contributed by atoms with Crippen molar-refractivity contribution in [3.8, 4) is 17.0 Å². The third kappa shape index (κ3) is 4.02. The lowest BCUT2D eigenvalue weighted by Gasteiger charge is -2.28. The number of hydrogen-bond donors (Lipinski definition) is 2. The number of halogens is 3. The summed E-state index contributed by atoms with van der Waals surface area (Å²) in [6.45, 7) is 5.62.